The third kappa shape index (κ3) is 3.42. The largest absolute Gasteiger partial charge is 0.334 e. The van der Waals surface area contributed by atoms with Gasteiger partial charge in [0.05, 0.1) is 6.54 Å². The summed E-state index contributed by atoms with van der Waals surface area (Å²) in [6.07, 6.45) is 4.70. The maximum absolute atomic E-state index is 13.7. The van der Waals surface area contributed by atoms with Gasteiger partial charge < -0.3 is 9.88 Å². The Morgan fingerprint density at radius 1 is 1.35 bits per heavy atom. The number of imidazole rings is 1. The van der Waals surface area contributed by atoms with Crippen LogP contribution in [0.4, 0.5) is 8.78 Å². The normalized spacial score (nSPS) is 12.6. The Labute approximate surface area is 117 Å². The van der Waals surface area contributed by atoms with Crippen LogP contribution >= 0.6 is 0 Å². The van der Waals surface area contributed by atoms with Gasteiger partial charge in [0.2, 0.25) is 0 Å². The van der Waals surface area contributed by atoms with E-state index in [1.54, 1.807) is 6.20 Å². The molecule has 0 aliphatic carbocycles. The van der Waals surface area contributed by atoms with Gasteiger partial charge in [-0.1, -0.05) is 6.92 Å². The maximum atomic E-state index is 13.7. The predicted octanol–water partition coefficient (Wildman–Crippen LogP) is 3.42. The molecule has 0 radical (unpaired) electrons. The Kier molecular flexibility index (Phi) is 4.84. The Hall–Kier alpha value is -1.75. The van der Waals surface area contributed by atoms with E-state index in [4.69, 9.17) is 0 Å². The molecule has 3 nitrogen and oxygen atoms in total. The van der Waals surface area contributed by atoms with E-state index in [1.807, 2.05) is 13.1 Å². The summed E-state index contributed by atoms with van der Waals surface area (Å²) >= 11 is 0. The van der Waals surface area contributed by atoms with Crippen molar-refractivity contribution in [2.75, 3.05) is 0 Å². The molecule has 1 unspecified atom stereocenters. The van der Waals surface area contributed by atoms with Crippen LogP contribution in [0.5, 0.6) is 0 Å². The van der Waals surface area contributed by atoms with Gasteiger partial charge in [-0.25, -0.2) is 13.8 Å². The number of hydrogen-bond donors (Lipinski definition) is 1. The summed E-state index contributed by atoms with van der Waals surface area (Å²) in [4.78, 5) is 4.27. The summed E-state index contributed by atoms with van der Waals surface area (Å²) in [5.41, 5.74) is 0.332. The lowest BCUT2D eigenvalue weighted by Crippen LogP contribution is -2.21. The number of rotatable bonds is 6. The molecule has 2 rings (SSSR count). The SMILES string of the molecule is CCCn1ccnc1CNC(C)c1cc(F)ccc1F. The lowest BCUT2D eigenvalue weighted by molar-refractivity contribution is 0.500. The van der Waals surface area contributed by atoms with E-state index in [-0.39, 0.29) is 6.04 Å². The van der Waals surface area contributed by atoms with Crippen LogP contribution in [0.1, 0.15) is 37.7 Å². The van der Waals surface area contributed by atoms with Crippen molar-refractivity contribution in [3.05, 3.63) is 53.6 Å². The zero-order valence-electron chi connectivity index (χ0n) is 11.7. The molecule has 0 aliphatic heterocycles. The minimum Gasteiger partial charge on any atom is -0.334 e. The zero-order valence-corrected chi connectivity index (χ0v) is 11.7. The van der Waals surface area contributed by atoms with E-state index in [1.165, 1.54) is 6.07 Å². The van der Waals surface area contributed by atoms with E-state index in [0.717, 1.165) is 30.9 Å². The van der Waals surface area contributed by atoms with E-state index in [2.05, 4.69) is 21.8 Å². The van der Waals surface area contributed by atoms with Gasteiger partial charge in [-0.3, -0.25) is 0 Å². The summed E-state index contributed by atoms with van der Waals surface area (Å²) in [7, 11) is 0. The number of nitrogens with one attached hydrogen (secondary N) is 1. The Bertz CT molecular complexity index is 566. The number of benzene rings is 1. The maximum Gasteiger partial charge on any atom is 0.128 e. The van der Waals surface area contributed by atoms with E-state index in [9.17, 15) is 8.78 Å². The van der Waals surface area contributed by atoms with E-state index < -0.39 is 11.6 Å². The zero-order chi connectivity index (χ0) is 14.5. The molecule has 1 aromatic heterocycles. The average Bonchev–Trinajstić information content (AvgIpc) is 2.87. The van der Waals surface area contributed by atoms with Crippen LogP contribution in [-0.4, -0.2) is 9.55 Å². The van der Waals surface area contributed by atoms with Crippen LogP contribution < -0.4 is 5.32 Å². The van der Waals surface area contributed by atoms with Crippen LogP contribution in [0.2, 0.25) is 0 Å². The van der Waals surface area contributed by atoms with Gasteiger partial charge >= 0.3 is 0 Å². The second-order valence-electron chi connectivity index (χ2n) is 4.81. The van der Waals surface area contributed by atoms with E-state index >= 15 is 0 Å². The number of hydrogen-bond acceptors (Lipinski definition) is 2. The highest BCUT2D eigenvalue weighted by molar-refractivity contribution is 5.21. The molecule has 0 saturated heterocycles. The Morgan fingerprint density at radius 2 is 2.15 bits per heavy atom. The molecule has 2 aromatic rings. The highest BCUT2D eigenvalue weighted by atomic mass is 19.1. The molecule has 1 atom stereocenters. The molecule has 0 amide bonds. The number of aryl methyl sites for hydroxylation is 1. The fourth-order valence-corrected chi connectivity index (χ4v) is 2.15. The molecule has 0 spiro atoms. The lowest BCUT2D eigenvalue weighted by Gasteiger charge is -2.15. The van der Waals surface area contributed by atoms with Crippen LogP contribution in [0.15, 0.2) is 30.6 Å². The summed E-state index contributed by atoms with van der Waals surface area (Å²) in [6.45, 7) is 5.33. The first-order valence-electron chi connectivity index (χ1n) is 6.80. The van der Waals surface area contributed by atoms with Crippen molar-refractivity contribution in [1.29, 1.82) is 0 Å². The van der Waals surface area contributed by atoms with Gasteiger partial charge in [0, 0.05) is 30.5 Å². The molecule has 0 fully saturated rings. The Balaban J connectivity index is 2.03. The summed E-state index contributed by atoms with van der Waals surface area (Å²) in [5.74, 6) is 0.0707. The van der Waals surface area contributed by atoms with Gasteiger partial charge in [-0.15, -0.1) is 0 Å². The smallest absolute Gasteiger partial charge is 0.128 e. The fourth-order valence-electron chi connectivity index (χ4n) is 2.15. The first kappa shape index (κ1) is 14.7. The molecule has 1 aromatic carbocycles. The standard InChI is InChI=1S/C15H19F2N3/c1-3-7-20-8-6-18-15(20)10-19-11(2)13-9-12(16)4-5-14(13)17/h4-6,8-9,11,19H,3,7,10H2,1-2H3. The topological polar surface area (TPSA) is 29.9 Å². The van der Waals surface area contributed by atoms with Crippen LogP contribution in [0.3, 0.4) is 0 Å². The van der Waals surface area contributed by atoms with Crippen molar-refractivity contribution in [3.8, 4) is 0 Å². The molecule has 1 heterocycles. The minimum atomic E-state index is -0.428. The van der Waals surface area contributed by atoms with Crippen molar-refractivity contribution in [2.45, 2.75) is 39.4 Å². The third-order valence-corrected chi connectivity index (χ3v) is 3.26. The first-order chi connectivity index (χ1) is 9.61. The highest BCUT2D eigenvalue weighted by Crippen LogP contribution is 2.18. The van der Waals surface area contributed by atoms with Gasteiger partial charge in [-0.05, 0) is 31.5 Å². The van der Waals surface area contributed by atoms with Gasteiger partial charge in [0.15, 0.2) is 0 Å². The van der Waals surface area contributed by atoms with Crippen molar-refractivity contribution >= 4 is 0 Å². The van der Waals surface area contributed by atoms with Gasteiger partial charge in [0.1, 0.15) is 17.5 Å². The molecular weight excluding hydrogens is 260 g/mol. The fraction of sp³-hybridized carbons (Fsp3) is 0.400. The predicted molar refractivity (Wildman–Crippen MR) is 74.1 cm³/mol. The summed E-state index contributed by atoms with van der Waals surface area (Å²) < 4.78 is 28.9. The lowest BCUT2D eigenvalue weighted by atomic mass is 10.1. The number of halogens is 2. The van der Waals surface area contributed by atoms with Crippen molar-refractivity contribution in [3.63, 3.8) is 0 Å². The second kappa shape index (κ2) is 6.61. The summed E-state index contributed by atoms with van der Waals surface area (Å²) in [5, 5.41) is 3.18. The molecular formula is C15H19F2N3. The highest BCUT2D eigenvalue weighted by Gasteiger charge is 2.12. The minimum absolute atomic E-state index is 0.280. The average molecular weight is 279 g/mol. The monoisotopic (exact) mass is 279 g/mol. The molecule has 0 aliphatic rings. The molecule has 20 heavy (non-hydrogen) atoms. The van der Waals surface area contributed by atoms with Crippen molar-refractivity contribution < 1.29 is 8.78 Å². The molecule has 0 bridgehead atoms. The quantitative estimate of drug-likeness (QED) is 0.878. The van der Waals surface area contributed by atoms with Crippen molar-refractivity contribution in [1.82, 2.24) is 14.9 Å². The van der Waals surface area contributed by atoms with Crippen molar-refractivity contribution in [2.24, 2.45) is 0 Å². The number of aromatic nitrogens is 2. The van der Waals surface area contributed by atoms with E-state index in [0.29, 0.717) is 12.1 Å². The molecule has 108 valence electrons. The molecule has 5 heteroatoms. The second-order valence-corrected chi connectivity index (χ2v) is 4.81. The van der Waals surface area contributed by atoms with Crippen LogP contribution in [0.25, 0.3) is 0 Å². The third-order valence-electron chi connectivity index (χ3n) is 3.26. The number of nitrogens with zero attached hydrogens (tertiary/aromatic N) is 2. The Morgan fingerprint density at radius 3 is 2.90 bits per heavy atom. The molecule has 0 saturated carbocycles. The first-order valence-corrected chi connectivity index (χ1v) is 6.80. The molecule has 1 N–H and O–H groups in total. The van der Waals surface area contributed by atoms with Crippen LogP contribution in [0, 0.1) is 11.6 Å². The van der Waals surface area contributed by atoms with Gasteiger partial charge in [0.25, 0.3) is 0 Å². The van der Waals surface area contributed by atoms with Crippen LogP contribution in [-0.2, 0) is 13.1 Å². The summed E-state index contributed by atoms with van der Waals surface area (Å²) in [6, 6.07) is 3.23. The van der Waals surface area contributed by atoms with Gasteiger partial charge in [-0.2, -0.15) is 0 Å².